The molecule has 0 aliphatic rings. The van der Waals surface area contributed by atoms with Gasteiger partial charge in [-0.1, -0.05) is 0 Å². The fraction of sp³-hybridized carbons (Fsp3) is 0.273. The number of hydrogen-bond acceptors (Lipinski definition) is 4. The van der Waals surface area contributed by atoms with Crippen molar-refractivity contribution in [3.63, 3.8) is 0 Å². The molecular weight excluding hydrogens is 248 g/mol. The fourth-order valence-electron chi connectivity index (χ4n) is 1.37. The second-order valence-corrected chi connectivity index (χ2v) is 3.53. The van der Waals surface area contributed by atoms with Gasteiger partial charge in [-0.05, 0) is 6.07 Å². The topological polar surface area (TPSA) is 102 Å². The highest BCUT2D eigenvalue weighted by atomic mass is 19.1. The van der Waals surface area contributed by atoms with E-state index in [2.05, 4.69) is 0 Å². The van der Waals surface area contributed by atoms with Crippen molar-refractivity contribution in [3.8, 4) is 6.07 Å². The van der Waals surface area contributed by atoms with E-state index in [1.807, 2.05) is 0 Å². The van der Waals surface area contributed by atoms with Crippen molar-refractivity contribution in [1.29, 1.82) is 5.26 Å². The minimum Gasteiger partial charge on any atom is -0.478 e. The van der Waals surface area contributed by atoms with Crippen LogP contribution in [-0.4, -0.2) is 27.4 Å². The van der Waals surface area contributed by atoms with E-state index in [-0.39, 0.29) is 0 Å². The first-order chi connectivity index (χ1) is 8.38. The zero-order valence-corrected chi connectivity index (χ0v) is 8.97. The van der Waals surface area contributed by atoms with Crippen molar-refractivity contribution in [2.45, 2.75) is 18.6 Å². The number of aliphatic hydroxyl groups is 2. The van der Waals surface area contributed by atoms with Gasteiger partial charge in [0, 0.05) is 11.6 Å². The molecule has 0 bridgehead atoms. The maximum atomic E-state index is 13.4. The molecule has 0 aromatic heterocycles. The van der Waals surface area contributed by atoms with E-state index in [9.17, 15) is 23.8 Å². The predicted molar refractivity (Wildman–Crippen MR) is 54.5 cm³/mol. The van der Waals surface area contributed by atoms with Gasteiger partial charge in [0.1, 0.15) is 17.7 Å². The van der Waals surface area contributed by atoms with Gasteiger partial charge in [-0.15, -0.1) is 0 Å². The number of aliphatic hydroxyl groups excluding tert-OH is 2. The lowest BCUT2D eigenvalue weighted by molar-refractivity contribution is 0.0193. The van der Waals surface area contributed by atoms with Crippen LogP contribution in [0, 0.1) is 23.0 Å². The van der Waals surface area contributed by atoms with Gasteiger partial charge < -0.3 is 15.3 Å². The van der Waals surface area contributed by atoms with Crippen LogP contribution in [0.4, 0.5) is 8.78 Å². The van der Waals surface area contributed by atoms with Crippen LogP contribution >= 0.6 is 0 Å². The molecule has 7 heteroatoms. The Balaban J connectivity index is 3.20. The largest absolute Gasteiger partial charge is 0.478 e. The number of halogens is 2. The van der Waals surface area contributed by atoms with Crippen molar-refractivity contribution < 1.29 is 28.9 Å². The second-order valence-electron chi connectivity index (χ2n) is 3.53. The van der Waals surface area contributed by atoms with Crippen LogP contribution in [0.25, 0.3) is 0 Å². The van der Waals surface area contributed by atoms with Gasteiger partial charge in [0.25, 0.3) is 0 Å². The minimum atomic E-state index is -1.80. The summed E-state index contributed by atoms with van der Waals surface area (Å²) in [6.45, 7) is 0. The Hall–Kier alpha value is -2.04. The van der Waals surface area contributed by atoms with Gasteiger partial charge in [-0.2, -0.15) is 5.26 Å². The number of carbonyl (C=O) groups is 1. The highest BCUT2D eigenvalue weighted by molar-refractivity contribution is 5.88. The maximum absolute atomic E-state index is 13.4. The maximum Gasteiger partial charge on any atom is 0.338 e. The number of carboxylic acid groups (broad SMARTS) is 1. The fourth-order valence-corrected chi connectivity index (χ4v) is 1.37. The summed E-state index contributed by atoms with van der Waals surface area (Å²) in [4.78, 5) is 10.6. The standard InChI is InChI=1S/C11H9F2NO4/c12-7-4-8(13)6(11(17)18)3-5(7)10(16)9(15)1-2-14/h3-4,9-10,15-16H,1H2,(H,17,18). The molecule has 2 atom stereocenters. The summed E-state index contributed by atoms with van der Waals surface area (Å²) in [6.07, 6.45) is -3.86. The average Bonchev–Trinajstić information content (AvgIpc) is 2.28. The number of hydrogen-bond donors (Lipinski definition) is 3. The van der Waals surface area contributed by atoms with Crippen molar-refractivity contribution in [1.82, 2.24) is 0 Å². The Labute approximate surface area is 101 Å². The van der Waals surface area contributed by atoms with Gasteiger partial charge >= 0.3 is 5.97 Å². The van der Waals surface area contributed by atoms with E-state index in [4.69, 9.17) is 10.4 Å². The van der Waals surface area contributed by atoms with Crippen LogP contribution in [0.1, 0.15) is 28.4 Å². The van der Waals surface area contributed by atoms with E-state index in [1.165, 1.54) is 0 Å². The molecule has 0 saturated heterocycles. The zero-order chi connectivity index (χ0) is 13.9. The molecule has 0 saturated carbocycles. The third kappa shape index (κ3) is 2.80. The van der Waals surface area contributed by atoms with Crippen molar-refractivity contribution in [3.05, 3.63) is 34.9 Å². The minimum absolute atomic E-state index is 0.307. The van der Waals surface area contributed by atoms with Crippen molar-refractivity contribution in [2.75, 3.05) is 0 Å². The normalized spacial score (nSPS) is 13.7. The molecule has 1 aromatic carbocycles. The Morgan fingerprint density at radius 1 is 1.33 bits per heavy atom. The molecule has 18 heavy (non-hydrogen) atoms. The first kappa shape index (κ1) is 14.0. The zero-order valence-electron chi connectivity index (χ0n) is 8.97. The molecule has 96 valence electrons. The monoisotopic (exact) mass is 257 g/mol. The number of carboxylic acids is 1. The molecule has 0 aliphatic carbocycles. The molecule has 2 unspecified atom stereocenters. The summed E-state index contributed by atoms with van der Waals surface area (Å²) in [7, 11) is 0. The van der Waals surface area contributed by atoms with Gasteiger partial charge in [0.2, 0.25) is 0 Å². The summed E-state index contributed by atoms with van der Waals surface area (Å²) in [6, 6.07) is 2.47. The van der Waals surface area contributed by atoms with E-state index in [0.717, 1.165) is 0 Å². The Kier molecular flexibility index (Phi) is 4.31. The molecule has 0 amide bonds. The predicted octanol–water partition coefficient (Wildman–Crippen LogP) is 0.971. The van der Waals surface area contributed by atoms with Crippen LogP contribution in [-0.2, 0) is 0 Å². The molecule has 1 aromatic rings. The van der Waals surface area contributed by atoms with Crippen LogP contribution in [0.15, 0.2) is 12.1 Å². The van der Waals surface area contributed by atoms with Gasteiger partial charge in [-0.3, -0.25) is 0 Å². The van der Waals surface area contributed by atoms with E-state index < -0.39 is 47.4 Å². The molecule has 0 heterocycles. The summed E-state index contributed by atoms with van der Waals surface area (Å²) < 4.78 is 26.4. The number of nitrogens with zero attached hydrogens (tertiary/aromatic N) is 1. The first-order valence-corrected chi connectivity index (χ1v) is 4.83. The highest BCUT2D eigenvalue weighted by Gasteiger charge is 2.24. The van der Waals surface area contributed by atoms with Crippen molar-refractivity contribution in [2.24, 2.45) is 0 Å². The molecule has 0 fully saturated rings. The Morgan fingerprint density at radius 3 is 2.44 bits per heavy atom. The van der Waals surface area contributed by atoms with Gasteiger partial charge in [0.15, 0.2) is 0 Å². The number of nitriles is 1. The Bertz CT molecular complexity index is 513. The van der Waals surface area contributed by atoms with Gasteiger partial charge in [0.05, 0.1) is 24.2 Å². The second kappa shape index (κ2) is 5.53. The molecule has 0 spiro atoms. The lowest BCUT2D eigenvalue weighted by atomic mass is 9.99. The molecular formula is C11H9F2NO4. The van der Waals surface area contributed by atoms with Gasteiger partial charge in [-0.25, -0.2) is 13.6 Å². The summed E-state index contributed by atoms with van der Waals surface area (Å²) in [5.74, 6) is -4.11. The summed E-state index contributed by atoms with van der Waals surface area (Å²) in [5.41, 5.74) is -1.40. The average molecular weight is 257 g/mol. The number of aromatic carboxylic acids is 1. The van der Waals surface area contributed by atoms with Crippen LogP contribution in [0.3, 0.4) is 0 Å². The molecule has 5 nitrogen and oxygen atoms in total. The van der Waals surface area contributed by atoms with Crippen molar-refractivity contribution >= 4 is 5.97 Å². The summed E-state index contributed by atoms with van der Waals surface area (Å²) >= 11 is 0. The highest BCUT2D eigenvalue weighted by Crippen LogP contribution is 2.24. The first-order valence-electron chi connectivity index (χ1n) is 4.83. The third-order valence-corrected chi connectivity index (χ3v) is 2.30. The lowest BCUT2D eigenvalue weighted by Gasteiger charge is -2.16. The van der Waals surface area contributed by atoms with E-state index >= 15 is 0 Å². The SMILES string of the molecule is N#CCC(O)C(O)c1cc(C(=O)O)c(F)cc1F. The smallest absolute Gasteiger partial charge is 0.338 e. The number of rotatable bonds is 4. The molecule has 0 aliphatic heterocycles. The third-order valence-electron chi connectivity index (χ3n) is 2.30. The van der Waals surface area contributed by atoms with Crippen LogP contribution < -0.4 is 0 Å². The quantitative estimate of drug-likeness (QED) is 0.746. The van der Waals surface area contributed by atoms with E-state index in [1.54, 1.807) is 6.07 Å². The molecule has 1 rings (SSSR count). The van der Waals surface area contributed by atoms with Crippen LogP contribution in [0.5, 0.6) is 0 Å². The Morgan fingerprint density at radius 2 is 1.94 bits per heavy atom. The van der Waals surface area contributed by atoms with Crippen LogP contribution in [0.2, 0.25) is 0 Å². The lowest BCUT2D eigenvalue weighted by Crippen LogP contribution is -2.19. The molecule has 0 radical (unpaired) electrons. The summed E-state index contributed by atoms with van der Waals surface area (Å²) in [5, 5.41) is 35.8. The number of benzene rings is 1. The molecule has 3 N–H and O–H groups in total. The van der Waals surface area contributed by atoms with E-state index in [0.29, 0.717) is 12.1 Å².